The number of amides is 3. The molecule has 2 atom stereocenters. The summed E-state index contributed by atoms with van der Waals surface area (Å²) in [5.74, 6) is 0.575. The second-order valence-electron chi connectivity index (χ2n) is 11.2. The number of benzene rings is 2. The number of ether oxygens (including phenoxy) is 2. The van der Waals surface area contributed by atoms with Crippen LogP contribution >= 0.6 is 0 Å². The first-order chi connectivity index (χ1) is 20.0. The molecule has 1 N–H and O–H groups in total. The van der Waals surface area contributed by atoms with Crippen LogP contribution in [0.4, 0.5) is 5.95 Å². The average molecular weight is 557 g/mol. The second kappa shape index (κ2) is 10.7. The van der Waals surface area contributed by atoms with Crippen LogP contribution in [0, 0.1) is 0 Å². The van der Waals surface area contributed by atoms with E-state index in [2.05, 4.69) is 38.3 Å². The number of hydrogen-bond acceptors (Lipinski definition) is 9. The maximum Gasteiger partial charge on any atom is 0.255 e. The largest absolute Gasteiger partial charge is 0.489 e. The molecule has 4 aliphatic heterocycles. The maximum atomic E-state index is 13.0. The van der Waals surface area contributed by atoms with Crippen LogP contribution in [0.5, 0.6) is 5.75 Å². The van der Waals surface area contributed by atoms with Crippen LogP contribution in [0.25, 0.3) is 10.9 Å². The van der Waals surface area contributed by atoms with E-state index in [1.807, 2.05) is 18.3 Å². The molecule has 1 unspecified atom stereocenters. The molecule has 11 nitrogen and oxygen atoms in total. The highest BCUT2D eigenvalue weighted by atomic mass is 16.5. The summed E-state index contributed by atoms with van der Waals surface area (Å²) in [5.41, 5.74) is 3.58. The van der Waals surface area contributed by atoms with E-state index in [1.165, 1.54) is 5.56 Å². The summed E-state index contributed by atoms with van der Waals surface area (Å²) in [6, 6.07) is 11.3. The summed E-state index contributed by atoms with van der Waals surface area (Å²) in [4.78, 5) is 52.1. The second-order valence-corrected chi connectivity index (χ2v) is 11.2. The van der Waals surface area contributed by atoms with E-state index >= 15 is 0 Å². The van der Waals surface area contributed by atoms with Crippen molar-refractivity contribution in [1.82, 2.24) is 25.1 Å². The van der Waals surface area contributed by atoms with E-state index in [1.54, 1.807) is 11.0 Å². The summed E-state index contributed by atoms with van der Waals surface area (Å²) in [6.45, 7) is 5.12. The normalized spacial score (nSPS) is 23.3. The van der Waals surface area contributed by atoms with Crippen LogP contribution < -0.4 is 15.0 Å². The molecule has 3 saturated heterocycles. The van der Waals surface area contributed by atoms with E-state index in [9.17, 15) is 14.4 Å². The third-order valence-corrected chi connectivity index (χ3v) is 8.31. The van der Waals surface area contributed by atoms with Gasteiger partial charge in [0.25, 0.3) is 5.91 Å². The molecule has 3 fully saturated rings. The molecule has 3 amide bonds. The minimum atomic E-state index is -0.617. The van der Waals surface area contributed by atoms with Gasteiger partial charge in [0.1, 0.15) is 24.6 Å². The van der Waals surface area contributed by atoms with Crippen molar-refractivity contribution in [2.45, 2.75) is 50.9 Å². The topological polar surface area (TPSA) is 117 Å². The first-order valence-corrected chi connectivity index (χ1v) is 14.3. The predicted octanol–water partition coefficient (Wildman–Crippen LogP) is 2.23. The average Bonchev–Trinajstić information content (AvgIpc) is 3.56. The first-order valence-electron chi connectivity index (χ1n) is 14.3. The number of fused-ring (bicyclic) bond motifs is 2. The fraction of sp³-hybridized carbons (Fsp3) is 0.433. The van der Waals surface area contributed by atoms with Gasteiger partial charge in [-0.1, -0.05) is 6.07 Å². The zero-order valence-corrected chi connectivity index (χ0v) is 22.8. The Morgan fingerprint density at radius 2 is 2.00 bits per heavy atom. The highest BCUT2D eigenvalue weighted by Gasteiger charge is 2.39. The Labute approximate surface area is 237 Å². The lowest BCUT2D eigenvalue weighted by Gasteiger charge is -2.29. The third-order valence-electron chi connectivity index (χ3n) is 8.31. The SMILES string of the molecule is O=C1CCC(N2Cc3cc(O[C@H]4CCN(Cc5ccc6nc(N7CCCOC7)ncc6c5)C4)ccc3C2=O)C(=O)N1. The zero-order valence-electron chi connectivity index (χ0n) is 22.8. The van der Waals surface area contributed by atoms with Crippen molar-refractivity contribution >= 4 is 34.6 Å². The molecule has 1 aromatic heterocycles. The lowest BCUT2D eigenvalue weighted by molar-refractivity contribution is -0.136. The van der Waals surface area contributed by atoms with Crippen LogP contribution in [0.2, 0.25) is 0 Å². The number of aromatic nitrogens is 2. The minimum Gasteiger partial charge on any atom is -0.489 e. The van der Waals surface area contributed by atoms with Crippen molar-refractivity contribution in [3.8, 4) is 5.75 Å². The molecular weight excluding hydrogens is 524 g/mol. The van der Waals surface area contributed by atoms with Crippen molar-refractivity contribution in [2.24, 2.45) is 0 Å². The van der Waals surface area contributed by atoms with Crippen molar-refractivity contribution in [3.05, 3.63) is 59.3 Å². The van der Waals surface area contributed by atoms with E-state index in [0.29, 0.717) is 31.2 Å². The summed E-state index contributed by atoms with van der Waals surface area (Å²) in [6.07, 6.45) is 4.43. The monoisotopic (exact) mass is 556 g/mol. The van der Waals surface area contributed by atoms with E-state index < -0.39 is 11.9 Å². The molecule has 41 heavy (non-hydrogen) atoms. The molecular formula is C30H32N6O5. The predicted molar refractivity (Wildman–Crippen MR) is 149 cm³/mol. The molecule has 7 rings (SSSR count). The molecule has 11 heteroatoms. The van der Waals surface area contributed by atoms with E-state index in [-0.39, 0.29) is 24.3 Å². The highest BCUT2D eigenvalue weighted by molar-refractivity contribution is 6.05. The van der Waals surface area contributed by atoms with Crippen LogP contribution in [0.15, 0.2) is 42.6 Å². The number of anilines is 1. The molecule has 0 bridgehead atoms. The Balaban J connectivity index is 0.960. The van der Waals surface area contributed by atoms with Crippen LogP contribution in [0.1, 0.15) is 47.2 Å². The van der Waals surface area contributed by atoms with Gasteiger partial charge in [-0.2, -0.15) is 0 Å². The number of imide groups is 1. The number of carbonyl (C=O) groups is 3. The number of nitrogens with zero attached hydrogens (tertiary/aromatic N) is 5. The highest BCUT2D eigenvalue weighted by Crippen LogP contribution is 2.31. The van der Waals surface area contributed by atoms with Crippen molar-refractivity contribution in [1.29, 1.82) is 0 Å². The number of rotatable bonds is 6. The van der Waals surface area contributed by atoms with Gasteiger partial charge in [0.15, 0.2) is 0 Å². The summed E-state index contributed by atoms with van der Waals surface area (Å²) >= 11 is 0. The number of nitrogens with one attached hydrogen (secondary N) is 1. The van der Waals surface area contributed by atoms with E-state index in [4.69, 9.17) is 14.5 Å². The van der Waals surface area contributed by atoms with Gasteiger partial charge >= 0.3 is 0 Å². The van der Waals surface area contributed by atoms with Gasteiger partial charge in [-0.05, 0) is 60.7 Å². The fourth-order valence-electron chi connectivity index (χ4n) is 6.19. The van der Waals surface area contributed by atoms with Crippen LogP contribution in [-0.2, 0) is 27.4 Å². The molecule has 3 aromatic rings. The summed E-state index contributed by atoms with van der Waals surface area (Å²) < 4.78 is 11.9. The smallest absolute Gasteiger partial charge is 0.255 e. The Hall–Kier alpha value is -4.09. The Morgan fingerprint density at radius 3 is 2.85 bits per heavy atom. The standard InChI is InChI=1S/C30H32N6O5/c37-27-7-6-26(28(38)33-27)36-16-21-13-22(3-4-24(21)29(36)39)41-23-8-10-34(17-23)15-19-2-5-25-20(12-19)14-31-30(32-25)35-9-1-11-40-18-35/h2-5,12-14,23,26H,1,6-11,15-18H2,(H,33,37,38)/t23-,26?/m0/s1. The molecule has 5 heterocycles. The molecule has 0 spiro atoms. The summed E-state index contributed by atoms with van der Waals surface area (Å²) in [5, 5.41) is 3.37. The quantitative estimate of drug-likeness (QED) is 0.456. The molecule has 0 aliphatic carbocycles. The number of carbonyl (C=O) groups excluding carboxylic acids is 3. The lowest BCUT2D eigenvalue weighted by atomic mass is 10.0. The maximum absolute atomic E-state index is 13.0. The van der Waals surface area contributed by atoms with Crippen molar-refractivity contribution in [3.63, 3.8) is 0 Å². The molecule has 2 aromatic carbocycles. The molecule has 0 radical (unpaired) electrons. The third kappa shape index (κ3) is 5.22. The molecule has 0 saturated carbocycles. The molecule has 212 valence electrons. The zero-order chi connectivity index (χ0) is 27.9. The van der Waals surface area contributed by atoms with Crippen LogP contribution in [0.3, 0.4) is 0 Å². The van der Waals surface area contributed by atoms with Gasteiger partial charge in [0.2, 0.25) is 17.8 Å². The first kappa shape index (κ1) is 25.8. The van der Waals surface area contributed by atoms with Gasteiger partial charge in [-0.25, -0.2) is 9.97 Å². The Bertz CT molecular complexity index is 1520. The van der Waals surface area contributed by atoms with Gasteiger partial charge < -0.3 is 19.3 Å². The summed E-state index contributed by atoms with van der Waals surface area (Å²) in [7, 11) is 0. The fourth-order valence-corrected chi connectivity index (χ4v) is 6.19. The van der Waals surface area contributed by atoms with E-state index in [0.717, 1.165) is 67.8 Å². The van der Waals surface area contributed by atoms with Crippen molar-refractivity contribution < 1.29 is 23.9 Å². The van der Waals surface area contributed by atoms with Gasteiger partial charge in [-0.3, -0.25) is 24.6 Å². The lowest BCUT2D eigenvalue weighted by Crippen LogP contribution is -2.52. The van der Waals surface area contributed by atoms with Gasteiger partial charge in [0, 0.05) is 56.3 Å². The number of hydrogen-bond donors (Lipinski definition) is 1. The Kier molecular flexibility index (Phi) is 6.76. The number of piperidine rings is 1. The van der Waals surface area contributed by atoms with Gasteiger partial charge in [-0.15, -0.1) is 0 Å². The minimum absolute atomic E-state index is 0.0505. The van der Waals surface area contributed by atoms with Gasteiger partial charge in [0.05, 0.1) is 12.1 Å². The van der Waals surface area contributed by atoms with Crippen molar-refractivity contribution in [2.75, 3.05) is 37.9 Å². The Morgan fingerprint density at radius 1 is 1.07 bits per heavy atom. The molecule has 4 aliphatic rings. The number of likely N-dealkylation sites (tertiary alicyclic amines) is 1. The van der Waals surface area contributed by atoms with Crippen LogP contribution in [-0.4, -0.2) is 82.6 Å².